The molecule has 2 heterocycles. The normalized spacial score (nSPS) is 16.2. The molecule has 0 N–H and O–H groups in total. The van der Waals surface area contributed by atoms with Crippen LogP contribution in [-0.4, -0.2) is 30.7 Å². The molecule has 1 aromatic heterocycles. The van der Waals surface area contributed by atoms with Crippen LogP contribution in [0.3, 0.4) is 0 Å². The molecule has 0 aliphatic carbocycles. The van der Waals surface area contributed by atoms with Crippen LogP contribution >= 0.6 is 0 Å². The van der Waals surface area contributed by atoms with Crippen LogP contribution in [0.25, 0.3) is 21.9 Å². The maximum atomic E-state index is 13.5. The summed E-state index contributed by atoms with van der Waals surface area (Å²) in [6.07, 6.45) is 3.90. The molecule has 0 radical (unpaired) electrons. The van der Waals surface area contributed by atoms with E-state index in [1.165, 1.54) is 50.0 Å². The minimum absolute atomic E-state index is 0.285. The predicted molar refractivity (Wildman–Crippen MR) is 118 cm³/mol. The Labute approximate surface area is 176 Å². The third-order valence-corrected chi connectivity index (χ3v) is 6.37. The highest BCUT2D eigenvalue weighted by Crippen LogP contribution is 2.32. The number of rotatable bonds is 6. The molecule has 3 nitrogen and oxygen atoms in total. The minimum atomic E-state index is -0.285. The first-order valence-electron chi connectivity index (χ1n) is 10.8. The topological polar surface area (TPSA) is 22.4 Å². The van der Waals surface area contributed by atoms with E-state index in [0.29, 0.717) is 12.2 Å². The fourth-order valence-electron chi connectivity index (χ4n) is 4.79. The Morgan fingerprint density at radius 3 is 2.37 bits per heavy atom. The SMILES string of the molecule is Fc1ccc2c(c1)oc1cc(OCC[N+]3(Cc4ccccc4)CCCCC3)ccc12. The van der Waals surface area contributed by atoms with Crippen LogP contribution in [0.5, 0.6) is 5.75 Å². The van der Waals surface area contributed by atoms with Crippen molar-refractivity contribution in [3.63, 3.8) is 0 Å². The van der Waals surface area contributed by atoms with Crippen LogP contribution in [0.4, 0.5) is 4.39 Å². The summed E-state index contributed by atoms with van der Waals surface area (Å²) >= 11 is 0. The molecule has 4 aromatic rings. The summed E-state index contributed by atoms with van der Waals surface area (Å²) < 4.78 is 26.6. The standard InChI is InChI=1S/C26H27FNO2/c27-21-9-11-23-24-12-10-22(18-26(24)30-25(23)17-21)29-16-15-28(13-5-2-6-14-28)19-20-7-3-1-4-8-20/h1,3-4,7-12,17-18H,2,5-6,13-16,19H2/q+1. The Kier molecular flexibility index (Phi) is 5.17. The average Bonchev–Trinajstić information content (AvgIpc) is 3.11. The summed E-state index contributed by atoms with van der Waals surface area (Å²) in [5.74, 6) is 0.517. The monoisotopic (exact) mass is 404 g/mol. The van der Waals surface area contributed by atoms with Crippen molar-refractivity contribution in [1.29, 1.82) is 0 Å². The molecule has 3 aromatic carbocycles. The minimum Gasteiger partial charge on any atom is -0.488 e. The zero-order valence-corrected chi connectivity index (χ0v) is 17.1. The fraction of sp³-hybridized carbons (Fsp3) is 0.308. The third-order valence-electron chi connectivity index (χ3n) is 6.37. The van der Waals surface area contributed by atoms with Gasteiger partial charge in [0.25, 0.3) is 0 Å². The Hall–Kier alpha value is -2.85. The number of hydrogen-bond acceptors (Lipinski definition) is 2. The fourth-order valence-corrected chi connectivity index (χ4v) is 4.79. The van der Waals surface area contributed by atoms with Gasteiger partial charge >= 0.3 is 0 Å². The maximum absolute atomic E-state index is 13.5. The van der Waals surface area contributed by atoms with E-state index in [1.54, 1.807) is 6.07 Å². The molecule has 0 saturated carbocycles. The van der Waals surface area contributed by atoms with E-state index >= 15 is 0 Å². The van der Waals surface area contributed by atoms with E-state index < -0.39 is 0 Å². The van der Waals surface area contributed by atoms with Crippen molar-refractivity contribution in [1.82, 2.24) is 0 Å². The number of hydrogen-bond donors (Lipinski definition) is 0. The molecule has 0 unspecified atom stereocenters. The zero-order valence-electron chi connectivity index (χ0n) is 17.1. The summed E-state index contributed by atoms with van der Waals surface area (Å²) in [6, 6.07) is 21.4. The van der Waals surface area contributed by atoms with Crippen LogP contribution in [0.1, 0.15) is 24.8 Å². The number of piperidine rings is 1. The lowest BCUT2D eigenvalue weighted by molar-refractivity contribution is -0.945. The smallest absolute Gasteiger partial charge is 0.139 e. The predicted octanol–water partition coefficient (Wildman–Crippen LogP) is 6.30. The molecular formula is C26H27FNO2+. The average molecular weight is 405 g/mol. The molecule has 1 aliphatic rings. The van der Waals surface area contributed by atoms with Gasteiger partial charge in [-0.15, -0.1) is 0 Å². The number of fused-ring (bicyclic) bond motifs is 3. The first-order valence-corrected chi connectivity index (χ1v) is 10.8. The molecule has 5 rings (SSSR count). The molecule has 30 heavy (non-hydrogen) atoms. The first-order chi connectivity index (χ1) is 14.7. The molecule has 0 bridgehead atoms. The van der Waals surface area contributed by atoms with Gasteiger partial charge in [-0.05, 0) is 43.5 Å². The highest BCUT2D eigenvalue weighted by Gasteiger charge is 2.30. The molecule has 0 atom stereocenters. The molecule has 4 heteroatoms. The summed E-state index contributed by atoms with van der Waals surface area (Å²) in [4.78, 5) is 0. The van der Waals surface area contributed by atoms with Gasteiger partial charge in [-0.2, -0.15) is 0 Å². The maximum Gasteiger partial charge on any atom is 0.139 e. The lowest BCUT2D eigenvalue weighted by atomic mass is 10.1. The number of benzene rings is 3. The van der Waals surface area contributed by atoms with E-state index in [0.717, 1.165) is 39.7 Å². The van der Waals surface area contributed by atoms with E-state index in [9.17, 15) is 4.39 Å². The van der Waals surface area contributed by atoms with Gasteiger partial charge < -0.3 is 13.6 Å². The van der Waals surface area contributed by atoms with Gasteiger partial charge in [0.2, 0.25) is 0 Å². The zero-order chi connectivity index (χ0) is 20.4. The number of furan rings is 1. The van der Waals surface area contributed by atoms with Crippen LogP contribution in [0.2, 0.25) is 0 Å². The van der Waals surface area contributed by atoms with Gasteiger partial charge in [0.15, 0.2) is 0 Å². The number of halogens is 1. The van der Waals surface area contributed by atoms with Gasteiger partial charge in [0.05, 0.1) is 13.1 Å². The van der Waals surface area contributed by atoms with Crippen LogP contribution in [0.15, 0.2) is 71.1 Å². The van der Waals surface area contributed by atoms with Gasteiger partial charge in [-0.1, -0.05) is 30.3 Å². The lowest BCUT2D eigenvalue weighted by Gasteiger charge is -2.41. The van der Waals surface area contributed by atoms with Gasteiger partial charge in [-0.25, -0.2) is 4.39 Å². The van der Waals surface area contributed by atoms with Crippen molar-refractivity contribution in [2.24, 2.45) is 0 Å². The number of nitrogens with zero attached hydrogens (tertiary/aromatic N) is 1. The van der Waals surface area contributed by atoms with Crippen molar-refractivity contribution >= 4 is 21.9 Å². The summed E-state index contributed by atoms with van der Waals surface area (Å²) in [6.45, 7) is 5.17. The van der Waals surface area contributed by atoms with Crippen molar-refractivity contribution in [3.05, 3.63) is 78.1 Å². The van der Waals surface area contributed by atoms with Crippen molar-refractivity contribution < 1.29 is 18.0 Å². The molecule has 1 saturated heterocycles. The second kappa shape index (κ2) is 8.11. The number of likely N-dealkylation sites (tertiary alicyclic amines) is 1. The molecule has 0 spiro atoms. The molecule has 154 valence electrons. The first kappa shape index (κ1) is 19.1. The van der Waals surface area contributed by atoms with Gasteiger partial charge in [0, 0.05) is 28.5 Å². The van der Waals surface area contributed by atoms with Crippen molar-refractivity contribution in [3.8, 4) is 5.75 Å². The van der Waals surface area contributed by atoms with Gasteiger partial charge in [0.1, 0.15) is 42.4 Å². The Morgan fingerprint density at radius 1 is 0.833 bits per heavy atom. The molecule has 1 aliphatic heterocycles. The third kappa shape index (κ3) is 3.92. The van der Waals surface area contributed by atoms with Crippen molar-refractivity contribution in [2.75, 3.05) is 26.2 Å². The number of ether oxygens (including phenoxy) is 1. The Morgan fingerprint density at radius 2 is 1.57 bits per heavy atom. The van der Waals surface area contributed by atoms with E-state index in [2.05, 4.69) is 30.3 Å². The van der Waals surface area contributed by atoms with Crippen molar-refractivity contribution in [2.45, 2.75) is 25.8 Å². The Bertz CT molecular complexity index is 1150. The molecule has 1 fully saturated rings. The van der Waals surface area contributed by atoms with Crippen LogP contribution in [-0.2, 0) is 6.54 Å². The van der Waals surface area contributed by atoms with Gasteiger partial charge in [-0.3, -0.25) is 0 Å². The summed E-state index contributed by atoms with van der Waals surface area (Å²) in [5.41, 5.74) is 2.71. The van der Waals surface area contributed by atoms with E-state index in [4.69, 9.17) is 9.15 Å². The quantitative estimate of drug-likeness (QED) is 0.352. The largest absolute Gasteiger partial charge is 0.488 e. The highest BCUT2D eigenvalue weighted by atomic mass is 19.1. The molecule has 0 amide bonds. The van der Waals surface area contributed by atoms with E-state index in [-0.39, 0.29) is 5.82 Å². The van der Waals surface area contributed by atoms with E-state index in [1.807, 2.05) is 18.2 Å². The summed E-state index contributed by atoms with van der Waals surface area (Å²) in [5, 5.41) is 1.92. The van der Waals surface area contributed by atoms with Crippen LogP contribution < -0.4 is 4.74 Å². The number of quaternary nitrogens is 1. The Balaban J connectivity index is 1.30. The van der Waals surface area contributed by atoms with Crippen LogP contribution in [0, 0.1) is 5.82 Å². The molecular weight excluding hydrogens is 377 g/mol. The second-order valence-electron chi connectivity index (χ2n) is 8.47. The highest BCUT2D eigenvalue weighted by molar-refractivity contribution is 6.05. The second-order valence-corrected chi connectivity index (χ2v) is 8.47. The lowest BCUT2D eigenvalue weighted by Crippen LogP contribution is -2.52. The summed E-state index contributed by atoms with van der Waals surface area (Å²) in [7, 11) is 0.